The van der Waals surface area contributed by atoms with Gasteiger partial charge in [-0.1, -0.05) is 0 Å². The quantitative estimate of drug-likeness (QED) is 0.886. The van der Waals surface area contributed by atoms with Gasteiger partial charge in [-0.3, -0.25) is 0 Å². The first-order chi connectivity index (χ1) is 7.85. The number of rotatable bonds is 4. The largest absolute Gasteiger partial charge is 0.496 e. The summed E-state index contributed by atoms with van der Waals surface area (Å²) < 4.78 is 29.2. The second-order valence-electron chi connectivity index (χ2n) is 4.02. The van der Waals surface area contributed by atoms with E-state index in [0.717, 1.165) is 11.1 Å². The Morgan fingerprint density at radius 1 is 1.24 bits per heavy atom. The van der Waals surface area contributed by atoms with E-state index in [1.54, 1.807) is 20.1 Å². The lowest BCUT2D eigenvalue weighted by molar-refractivity contribution is 0.319. The maximum absolute atomic E-state index is 12.0. The Balaban J connectivity index is 3.48. The van der Waals surface area contributed by atoms with Gasteiger partial charge in [0, 0.05) is 0 Å². The molecule has 1 aromatic rings. The van der Waals surface area contributed by atoms with Crippen LogP contribution in [0.15, 0.2) is 11.0 Å². The van der Waals surface area contributed by atoms with Gasteiger partial charge in [0.2, 0.25) is 0 Å². The van der Waals surface area contributed by atoms with Crippen molar-refractivity contribution in [2.24, 2.45) is 0 Å². The van der Waals surface area contributed by atoms with Gasteiger partial charge in [0.15, 0.2) is 9.84 Å². The second-order valence-corrected chi connectivity index (χ2v) is 6.09. The molecule has 0 spiro atoms. The van der Waals surface area contributed by atoms with Crippen molar-refractivity contribution in [1.82, 2.24) is 0 Å². The summed E-state index contributed by atoms with van der Waals surface area (Å²) in [5.41, 5.74) is 2.29. The van der Waals surface area contributed by atoms with Crippen LogP contribution in [0.4, 0.5) is 0 Å². The molecule has 0 radical (unpaired) electrons. The maximum Gasteiger partial charge on any atom is 0.180 e. The summed E-state index contributed by atoms with van der Waals surface area (Å²) in [7, 11) is -1.85. The van der Waals surface area contributed by atoms with Crippen LogP contribution in [0.1, 0.15) is 16.7 Å². The number of aliphatic hydroxyl groups excluding tert-OH is 1. The summed E-state index contributed by atoms with van der Waals surface area (Å²) in [4.78, 5) is 0.280. The van der Waals surface area contributed by atoms with Crippen LogP contribution in [-0.2, 0) is 9.84 Å². The van der Waals surface area contributed by atoms with E-state index < -0.39 is 9.84 Å². The summed E-state index contributed by atoms with van der Waals surface area (Å²) in [6.07, 6.45) is 0. The third kappa shape index (κ3) is 2.61. The minimum atomic E-state index is -3.42. The van der Waals surface area contributed by atoms with Crippen molar-refractivity contribution in [1.29, 1.82) is 0 Å². The van der Waals surface area contributed by atoms with Crippen LogP contribution in [0, 0.1) is 20.8 Å². The molecular formula is C12H18O4S. The van der Waals surface area contributed by atoms with Crippen molar-refractivity contribution in [2.75, 3.05) is 19.5 Å². The molecule has 0 bridgehead atoms. The minimum absolute atomic E-state index is 0.251. The van der Waals surface area contributed by atoms with E-state index in [0.29, 0.717) is 11.3 Å². The van der Waals surface area contributed by atoms with E-state index in [9.17, 15) is 8.42 Å². The van der Waals surface area contributed by atoms with Gasteiger partial charge in [0.05, 0.1) is 24.4 Å². The molecule has 1 aromatic carbocycles. The number of sulfone groups is 1. The molecule has 0 saturated carbocycles. The zero-order valence-electron chi connectivity index (χ0n) is 10.6. The zero-order valence-corrected chi connectivity index (χ0v) is 11.4. The second kappa shape index (κ2) is 5.06. The normalized spacial score (nSPS) is 11.6. The highest BCUT2D eigenvalue weighted by atomic mass is 32.2. The van der Waals surface area contributed by atoms with Gasteiger partial charge in [-0.05, 0) is 43.5 Å². The number of benzene rings is 1. The van der Waals surface area contributed by atoms with Crippen molar-refractivity contribution < 1.29 is 18.3 Å². The van der Waals surface area contributed by atoms with Crippen LogP contribution in [0.2, 0.25) is 0 Å². The molecule has 0 fully saturated rings. The molecule has 0 aromatic heterocycles. The highest BCUT2D eigenvalue weighted by molar-refractivity contribution is 7.91. The smallest absolute Gasteiger partial charge is 0.180 e. The first kappa shape index (κ1) is 14.0. The summed E-state index contributed by atoms with van der Waals surface area (Å²) in [5, 5.41) is 8.79. The number of aryl methyl sites for hydroxylation is 1. The van der Waals surface area contributed by atoms with Gasteiger partial charge in [-0.2, -0.15) is 0 Å². The number of hydrogen-bond donors (Lipinski definition) is 1. The Morgan fingerprint density at radius 2 is 1.82 bits per heavy atom. The molecule has 0 unspecified atom stereocenters. The maximum atomic E-state index is 12.0. The average Bonchev–Trinajstić information content (AvgIpc) is 2.24. The Kier molecular flexibility index (Phi) is 4.16. The third-order valence-corrected chi connectivity index (χ3v) is 4.69. The molecule has 5 heteroatoms. The molecule has 0 heterocycles. The van der Waals surface area contributed by atoms with Crippen molar-refractivity contribution in [3.63, 3.8) is 0 Å². The summed E-state index contributed by atoms with van der Waals surface area (Å²) in [5.74, 6) is 0.462. The fourth-order valence-electron chi connectivity index (χ4n) is 1.89. The summed E-state index contributed by atoms with van der Waals surface area (Å²) in [6, 6.07) is 1.60. The first-order valence-electron chi connectivity index (χ1n) is 5.33. The highest BCUT2D eigenvalue weighted by Crippen LogP contribution is 2.31. The fourth-order valence-corrected chi connectivity index (χ4v) is 3.32. The zero-order chi connectivity index (χ0) is 13.2. The topological polar surface area (TPSA) is 63.6 Å². The first-order valence-corrected chi connectivity index (χ1v) is 6.98. The molecule has 1 rings (SSSR count). The Hall–Kier alpha value is -1.07. The van der Waals surface area contributed by atoms with Gasteiger partial charge < -0.3 is 9.84 Å². The molecule has 4 nitrogen and oxygen atoms in total. The van der Waals surface area contributed by atoms with E-state index in [2.05, 4.69) is 0 Å². The van der Waals surface area contributed by atoms with E-state index in [1.165, 1.54) is 0 Å². The number of aliphatic hydroxyl groups is 1. The molecule has 0 amide bonds. The van der Waals surface area contributed by atoms with Gasteiger partial charge in [0.1, 0.15) is 5.75 Å². The highest BCUT2D eigenvalue weighted by Gasteiger charge is 2.20. The lowest BCUT2D eigenvalue weighted by Gasteiger charge is -2.15. The predicted molar refractivity (Wildman–Crippen MR) is 66.3 cm³/mol. The molecule has 96 valence electrons. The Labute approximate surface area is 102 Å². The van der Waals surface area contributed by atoms with Gasteiger partial charge in [-0.25, -0.2) is 8.42 Å². The van der Waals surface area contributed by atoms with Gasteiger partial charge in [0.25, 0.3) is 0 Å². The van der Waals surface area contributed by atoms with E-state index in [1.807, 2.05) is 13.8 Å². The van der Waals surface area contributed by atoms with Crippen LogP contribution < -0.4 is 4.74 Å². The van der Waals surface area contributed by atoms with Crippen LogP contribution in [0.25, 0.3) is 0 Å². The minimum Gasteiger partial charge on any atom is -0.496 e. The Morgan fingerprint density at radius 3 is 2.29 bits per heavy atom. The molecule has 0 saturated heterocycles. The summed E-state index contributed by atoms with van der Waals surface area (Å²) >= 11 is 0. The number of hydrogen-bond acceptors (Lipinski definition) is 4. The van der Waals surface area contributed by atoms with E-state index >= 15 is 0 Å². The van der Waals surface area contributed by atoms with Crippen molar-refractivity contribution in [3.8, 4) is 5.75 Å². The molecule has 0 aliphatic heterocycles. The molecule has 0 aliphatic carbocycles. The molecule has 0 aliphatic rings. The molecule has 0 atom stereocenters. The summed E-state index contributed by atoms with van der Waals surface area (Å²) in [6.45, 7) is 5.02. The SMILES string of the molecule is COc1c(C)cc(S(=O)(=O)CCO)c(C)c1C. The molecule has 17 heavy (non-hydrogen) atoms. The van der Waals surface area contributed by atoms with Crippen LogP contribution in [0.3, 0.4) is 0 Å². The van der Waals surface area contributed by atoms with Crippen LogP contribution in [-0.4, -0.2) is 33.0 Å². The lowest BCUT2D eigenvalue weighted by Crippen LogP contribution is -2.13. The Bertz CT molecular complexity index is 518. The van der Waals surface area contributed by atoms with Crippen molar-refractivity contribution >= 4 is 9.84 Å². The van der Waals surface area contributed by atoms with Gasteiger partial charge >= 0.3 is 0 Å². The van der Waals surface area contributed by atoms with E-state index in [-0.39, 0.29) is 17.3 Å². The predicted octanol–water partition coefficient (Wildman–Crippen LogP) is 1.39. The van der Waals surface area contributed by atoms with Crippen LogP contribution >= 0.6 is 0 Å². The average molecular weight is 258 g/mol. The standard InChI is InChI=1S/C12H18O4S/c1-8-7-11(17(14,15)6-5-13)9(2)10(3)12(8)16-4/h7,13H,5-6H2,1-4H3. The van der Waals surface area contributed by atoms with Crippen LogP contribution in [0.5, 0.6) is 5.75 Å². The van der Waals surface area contributed by atoms with E-state index in [4.69, 9.17) is 9.84 Å². The van der Waals surface area contributed by atoms with Gasteiger partial charge in [-0.15, -0.1) is 0 Å². The number of methoxy groups -OCH3 is 1. The van der Waals surface area contributed by atoms with Crippen molar-refractivity contribution in [3.05, 3.63) is 22.8 Å². The lowest BCUT2D eigenvalue weighted by atomic mass is 10.1. The third-order valence-electron chi connectivity index (χ3n) is 2.88. The fraction of sp³-hybridized carbons (Fsp3) is 0.500. The molecule has 1 N–H and O–H groups in total. The number of ether oxygens (including phenoxy) is 1. The van der Waals surface area contributed by atoms with Crippen molar-refractivity contribution in [2.45, 2.75) is 25.7 Å². The molecular weight excluding hydrogens is 240 g/mol. The monoisotopic (exact) mass is 258 g/mol.